The van der Waals surface area contributed by atoms with E-state index in [1.54, 1.807) is 0 Å². The van der Waals surface area contributed by atoms with E-state index in [2.05, 4.69) is 19.6 Å². The number of hydrogen-bond acceptors (Lipinski definition) is 3. The zero-order valence-corrected chi connectivity index (χ0v) is 12.9. The number of rotatable bonds is 4. The molecule has 0 aromatic heterocycles. The molecule has 0 radical (unpaired) electrons. The number of carbonyl (C=O) groups excluding carboxylic acids is 1. The summed E-state index contributed by atoms with van der Waals surface area (Å²) in [5.41, 5.74) is 0.556. The van der Waals surface area contributed by atoms with Crippen LogP contribution in [-0.2, 0) is 9.78 Å². The Morgan fingerprint density at radius 1 is 1.11 bits per heavy atom. The second-order valence-corrected chi connectivity index (χ2v) is 11.3. The van der Waals surface area contributed by atoms with Crippen LogP contribution in [0.5, 0.6) is 0 Å². The van der Waals surface area contributed by atoms with Crippen LogP contribution in [0.2, 0.25) is 19.6 Å². The summed E-state index contributed by atoms with van der Waals surface area (Å²) in [6.45, 7) is 6.84. The summed E-state index contributed by atoms with van der Waals surface area (Å²) in [5, 5.41) is 1.33. The predicted octanol–water partition coefficient (Wildman–Crippen LogP) is 3.26. The van der Waals surface area contributed by atoms with Gasteiger partial charge in [-0.25, -0.2) is 4.79 Å². The summed E-state index contributed by atoms with van der Waals surface area (Å²) in [6.07, 6.45) is 4.38. The van der Waals surface area contributed by atoms with Crippen LogP contribution in [0.25, 0.3) is 0 Å². The lowest BCUT2D eigenvalue weighted by molar-refractivity contribution is -0.272. The molecular weight excluding hydrogens is 256 g/mol. The summed E-state index contributed by atoms with van der Waals surface area (Å²) < 4.78 is 0. The van der Waals surface area contributed by atoms with E-state index in [1.165, 1.54) is 5.19 Å². The van der Waals surface area contributed by atoms with Crippen LogP contribution in [-0.4, -0.2) is 20.1 Å². The topological polar surface area (TPSA) is 35.5 Å². The molecule has 1 fully saturated rings. The monoisotopic (exact) mass is 278 g/mol. The van der Waals surface area contributed by atoms with Crippen LogP contribution in [0.15, 0.2) is 24.3 Å². The Morgan fingerprint density at radius 3 is 2.21 bits per heavy atom. The van der Waals surface area contributed by atoms with Gasteiger partial charge in [0.15, 0.2) is 0 Å². The molecule has 0 N–H and O–H groups in total. The van der Waals surface area contributed by atoms with Crippen LogP contribution in [0, 0.1) is 0 Å². The van der Waals surface area contributed by atoms with E-state index in [9.17, 15) is 4.79 Å². The van der Waals surface area contributed by atoms with Crippen LogP contribution < -0.4 is 5.19 Å². The maximum atomic E-state index is 11.8. The average molecular weight is 278 g/mol. The third kappa shape index (κ3) is 3.91. The lowest BCUT2D eigenvalue weighted by Crippen LogP contribution is -2.37. The molecule has 0 spiro atoms. The molecule has 0 heterocycles. The summed E-state index contributed by atoms with van der Waals surface area (Å²) in [6, 6.07) is 7.71. The standard InChI is InChI=1S/C15H22O3Si/c1-19(2,3)14-10-8-12(9-11-14)15(16)18-17-13-6-4-5-7-13/h8-11,13H,4-7H2,1-3H3. The first-order valence-electron chi connectivity index (χ1n) is 6.95. The second kappa shape index (κ2) is 5.88. The molecule has 0 unspecified atom stereocenters. The van der Waals surface area contributed by atoms with Crippen molar-refractivity contribution in [1.82, 2.24) is 0 Å². The van der Waals surface area contributed by atoms with Crippen molar-refractivity contribution >= 4 is 19.2 Å². The van der Waals surface area contributed by atoms with Crippen molar-refractivity contribution in [2.75, 3.05) is 0 Å². The summed E-state index contributed by atoms with van der Waals surface area (Å²) in [4.78, 5) is 21.9. The fraction of sp³-hybridized carbons (Fsp3) is 0.533. The molecule has 0 atom stereocenters. The molecule has 0 saturated heterocycles. The fourth-order valence-corrected chi connectivity index (χ4v) is 3.42. The quantitative estimate of drug-likeness (QED) is 0.482. The largest absolute Gasteiger partial charge is 0.373 e. The highest BCUT2D eigenvalue weighted by Gasteiger charge is 2.20. The Kier molecular flexibility index (Phi) is 4.42. The number of carbonyl (C=O) groups is 1. The number of hydrogen-bond donors (Lipinski definition) is 0. The fourth-order valence-electron chi connectivity index (χ4n) is 2.25. The summed E-state index contributed by atoms with van der Waals surface area (Å²) >= 11 is 0. The van der Waals surface area contributed by atoms with E-state index >= 15 is 0 Å². The molecule has 0 bridgehead atoms. The van der Waals surface area contributed by atoms with Crippen molar-refractivity contribution in [1.29, 1.82) is 0 Å². The van der Waals surface area contributed by atoms with Gasteiger partial charge in [0.05, 0.1) is 13.6 Å². The van der Waals surface area contributed by atoms with Gasteiger partial charge in [-0.05, 0) is 25.0 Å². The van der Waals surface area contributed by atoms with Gasteiger partial charge in [-0.2, -0.15) is 4.89 Å². The minimum absolute atomic E-state index is 0.0882. The van der Waals surface area contributed by atoms with Crippen molar-refractivity contribution in [3.8, 4) is 0 Å². The zero-order valence-electron chi connectivity index (χ0n) is 11.9. The van der Waals surface area contributed by atoms with Crippen molar-refractivity contribution < 1.29 is 14.6 Å². The Balaban J connectivity index is 1.92. The van der Waals surface area contributed by atoms with Crippen LogP contribution >= 0.6 is 0 Å². The van der Waals surface area contributed by atoms with Gasteiger partial charge in [-0.3, -0.25) is 4.89 Å². The van der Waals surface area contributed by atoms with Crippen LogP contribution in [0.4, 0.5) is 0 Å². The highest BCUT2D eigenvalue weighted by Crippen LogP contribution is 2.21. The van der Waals surface area contributed by atoms with Crippen molar-refractivity contribution in [2.24, 2.45) is 0 Å². The van der Waals surface area contributed by atoms with E-state index in [0.717, 1.165) is 25.7 Å². The lowest BCUT2D eigenvalue weighted by Gasteiger charge is -2.16. The van der Waals surface area contributed by atoms with Gasteiger partial charge in [0.2, 0.25) is 0 Å². The molecule has 0 aliphatic heterocycles. The van der Waals surface area contributed by atoms with Gasteiger partial charge in [0.1, 0.15) is 6.10 Å². The summed E-state index contributed by atoms with van der Waals surface area (Å²) in [5.74, 6) is -0.394. The maximum Gasteiger partial charge on any atom is 0.373 e. The summed E-state index contributed by atoms with van der Waals surface area (Å²) in [7, 11) is -1.31. The molecule has 1 aliphatic carbocycles. The van der Waals surface area contributed by atoms with Crippen LogP contribution in [0.3, 0.4) is 0 Å². The number of benzene rings is 1. The Labute approximate surface area is 115 Å². The zero-order chi connectivity index (χ0) is 13.9. The molecule has 0 amide bonds. The highest BCUT2D eigenvalue weighted by molar-refractivity contribution is 6.88. The van der Waals surface area contributed by atoms with E-state index in [-0.39, 0.29) is 6.10 Å². The highest BCUT2D eigenvalue weighted by atomic mass is 28.3. The first kappa shape index (κ1) is 14.3. The lowest BCUT2D eigenvalue weighted by atomic mass is 10.2. The smallest absolute Gasteiger partial charge is 0.293 e. The third-order valence-corrected chi connectivity index (χ3v) is 5.61. The molecular formula is C15H22O3Si. The van der Waals surface area contributed by atoms with Gasteiger partial charge in [-0.15, -0.1) is 0 Å². The molecule has 1 aliphatic rings. The molecule has 1 aromatic rings. The molecule has 19 heavy (non-hydrogen) atoms. The Hall–Kier alpha value is -1.13. The third-order valence-electron chi connectivity index (χ3n) is 3.55. The first-order valence-corrected chi connectivity index (χ1v) is 10.4. The van der Waals surface area contributed by atoms with E-state index < -0.39 is 14.0 Å². The van der Waals surface area contributed by atoms with Gasteiger partial charge in [0.25, 0.3) is 0 Å². The SMILES string of the molecule is C[Si](C)(C)c1ccc(C(=O)OOC2CCCC2)cc1. The van der Waals surface area contributed by atoms with E-state index in [0.29, 0.717) is 5.56 Å². The first-order chi connectivity index (χ1) is 8.97. The second-order valence-electron chi connectivity index (χ2n) is 6.20. The van der Waals surface area contributed by atoms with Gasteiger partial charge in [-0.1, -0.05) is 49.8 Å². The normalized spacial score (nSPS) is 16.6. The molecule has 1 aromatic carbocycles. The molecule has 3 nitrogen and oxygen atoms in total. The minimum Gasteiger partial charge on any atom is -0.293 e. The molecule has 104 valence electrons. The Morgan fingerprint density at radius 2 is 1.68 bits per heavy atom. The van der Waals surface area contributed by atoms with Crippen molar-refractivity contribution in [3.05, 3.63) is 29.8 Å². The average Bonchev–Trinajstić information content (AvgIpc) is 2.88. The van der Waals surface area contributed by atoms with Crippen molar-refractivity contribution in [3.63, 3.8) is 0 Å². The predicted molar refractivity (Wildman–Crippen MR) is 78.2 cm³/mol. The Bertz CT molecular complexity index is 428. The molecule has 2 rings (SSSR count). The van der Waals surface area contributed by atoms with E-state index in [1.807, 2.05) is 24.3 Å². The minimum atomic E-state index is -1.31. The van der Waals surface area contributed by atoms with E-state index in [4.69, 9.17) is 9.78 Å². The van der Waals surface area contributed by atoms with Gasteiger partial charge < -0.3 is 0 Å². The molecule has 4 heteroatoms. The maximum absolute atomic E-state index is 11.8. The van der Waals surface area contributed by atoms with Gasteiger partial charge >= 0.3 is 5.97 Å². The van der Waals surface area contributed by atoms with Gasteiger partial charge in [0, 0.05) is 0 Å². The van der Waals surface area contributed by atoms with Crippen molar-refractivity contribution in [2.45, 2.75) is 51.4 Å². The molecule has 1 saturated carbocycles. The van der Waals surface area contributed by atoms with Crippen LogP contribution in [0.1, 0.15) is 36.0 Å².